The van der Waals surface area contributed by atoms with Crippen molar-refractivity contribution in [3.8, 4) is 0 Å². The SMILES string of the molecule is CCCCCC=CCC=CCCCCCCCCC(C(=O)OC)C(=O)OC. The van der Waals surface area contributed by atoms with E-state index in [4.69, 9.17) is 0 Å². The van der Waals surface area contributed by atoms with Gasteiger partial charge in [0.1, 0.15) is 0 Å². The standard InChI is InChI=1S/C23H40O4/c1-4-5-6-7-8-9-10-11-12-13-14-15-16-17-18-19-20-21(22(24)26-2)23(25)27-3/h8-9,11-12,21H,4-7,10,13-20H2,1-3H3. The zero-order chi connectivity index (χ0) is 20.2. The zero-order valence-electron chi connectivity index (χ0n) is 17.7. The van der Waals surface area contributed by atoms with Crippen LogP contribution in [0.5, 0.6) is 0 Å². The van der Waals surface area contributed by atoms with E-state index in [9.17, 15) is 9.59 Å². The molecule has 4 nitrogen and oxygen atoms in total. The lowest BCUT2D eigenvalue weighted by Gasteiger charge is -2.11. The lowest BCUT2D eigenvalue weighted by atomic mass is 10.00. The van der Waals surface area contributed by atoms with Crippen LogP contribution in [-0.2, 0) is 19.1 Å². The van der Waals surface area contributed by atoms with Crippen molar-refractivity contribution >= 4 is 11.9 Å². The van der Waals surface area contributed by atoms with Crippen molar-refractivity contribution in [1.82, 2.24) is 0 Å². The summed E-state index contributed by atoms with van der Waals surface area (Å²) in [4.78, 5) is 23.1. The molecule has 0 bridgehead atoms. The quantitative estimate of drug-likeness (QED) is 0.131. The summed E-state index contributed by atoms with van der Waals surface area (Å²) in [6.07, 6.45) is 23.6. The van der Waals surface area contributed by atoms with Gasteiger partial charge in [0.15, 0.2) is 5.92 Å². The molecule has 0 saturated heterocycles. The van der Waals surface area contributed by atoms with Gasteiger partial charge in [0.25, 0.3) is 0 Å². The van der Waals surface area contributed by atoms with Crippen LogP contribution in [-0.4, -0.2) is 26.2 Å². The van der Waals surface area contributed by atoms with E-state index < -0.39 is 17.9 Å². The van der Waals surface area contributed by atoms with Gasteiger partial charge in [-0.2, -0.15) is 0 Å². The number of hydrogen-bond acceptors (Lipinski definition) is 4. The van der Waals surface area contributed by atoms with Crippen LogP contribution in [0, 0.1) is 5.92 Å². The van der Waals surface area contributed by atoms with E-state index >= 15 is 0 Å². The Labute approximate surface area is 166 Å². The highest BCUT2D eigenvalue weighted by Gasteiger charge is 2.27. The Hall–Kier alpha value is -1.58. The lowest BCUT2D eigenvalue weighted by Crippen LogP contribution is -2.26. The van der Waals surface area contributed by atoms with Crippen LogP contribution in [0.3, 0.4) is 0 Å². The van der Waals surface area contributed by atoms with E-state index in [-0.39, 0.29) is 0 Å². The molecular weight excluding hydrogens is 340 g/mol. The van der Waals surface area contributed by atoms with Crippen molar-refractivity contribution < 1.29 is 19.1 Å². The van der Waals surface area contributed by atoms with Crippen LogP contribution >= 0.6 is 0 Å². The van der Waals surface area contributed by atoms with Gasteiger partial charge in [0.05, 0.1) is 14.2 Å². The van der Waals surface area contributed by atoms with Gasteiger partial charge in [-0.25, -0.2) is 0 Å². The Morgan fingerprint density at radius 2 is 1.19 bits per heavy atom. The first kappa shape index (κ1) is 25.4. The maximum atomic E-state index is 11.6. The third-order valence-corrected chi connectivity index (χ3v) is 4.66. The van der Waals surface area contributed by atoms with Crippen molar-refractivity contribution in [1.29, 1.82) is 0 Å². The van der Waals surface area contributed by atoms with Crippen LogP contribution in [0.2, 0.25) is 0 Å². The van der Waals surface area contributed by atoms with Crippen LogP contribution in [0.4, 0.5) is 0 Å². The first-order valence-electron chi connectivity index (χ1n) is 10.6. The fourth-order valence-corrected chi connectivity index (χ4v) is 2.95. The minimum atomic E-state index is -0.772. The van der Waals surface area contributed by atoms with Gasteiger partial charge in [-0.05, 0) is 38.5 Å². The molecule has 0 saturated carbocycles. The van der Waals surface area contributed by atoms with Crippen LogP contribution in [0.25, 0.3) is 0 Å². The fraction of sp³-hybridized carbons (Fsp3) is 0.739. The molecule has 0 atom stereocenters. The van der Waals surface area contributed by atoms with E-state index in [1.807, 2.05) is 0 Å². The largest absolute Gasteiger partial charge is 0.468 e. The van der Waals surface area contributed by atoms with Gasteiger partial charge in [0.2, 0.25) is 0 Å². The summed E-state index contributed by atoms with van der Waals surface area (Å²) in [5, 5.41) is 0. The average Bonchev–Trinajstić information content (AvgIpc) is 2.69. The number of allylic oxidation sites excluding steroid dienone is 4. The second kappa shape index (κ2) is 19.2. The second-order valence-electron chi connectivity index (χ2n) is 6.97. The van der Waals surface area contributed by atoms with E-state index in [1.165, 1.54) is 59.2 Å². The molecule has 0 aliphatic carbocycles. The Morgan fingerprint density at radius 1 is 0.704 bits per heavy atom. The number of ether oxygens (including phenoxy) is 2. The summed E-state index contributed by atoms with van der Waals surface area (Å²) < 4.78 is 9.33. The van der Waals surface area contributed by atoms with E-state index in [2.05, 4.69) is 40.7 Å². The van der Waals surface area contributed by atoms with Gasteiger partial charge < -0.3 is 9.47 Å². The van der Waals surface area contributed by atoms with Crippen LogP contribution in [0.15, 0.2) is 24.3 Å². The Morgan fingerprint density at radius 3 is 1.70 bits per heavy atom. The van der Waals surface area contributed by atoms with Gasteiger partial charge in [-0.15, -0.1) is 0 Å². The van der Waals surface area contributed by atoms with Gasteiger partial charge >= 0.3 is 11.9 Å². The van der Waals surface area contributed by atoms with E-state index in [0.717, 1.165) is 32.1 Å². The summed E-state index contributed by atoms with van der Waals surface area (Å²) in [5.74, 6) is -1.76. The zero-order valence-corrected chi connectivity index (χ0v) is 17.7. The van der Waals surface area contributed by atoms with Crippen molar-refractivity contribution in [2.45, 2.75) is 90.4 Å². The highest BCUT2D eigenvalue weighted by atomic mass is 16.5. The average molecular weight is 381 g/mol. The first-order valence-corrected chi connectivity index (χ1v) is 10.6. The van der Waals surface area contributed by atoms with Crippen molar-refractivity contribution in [2.24, 2.45) is 5.92 Å². The first-order chi connectivity index (χ1) is 13.2. The lowest BCUT2D eigenvalue weighted by molar-refractivity contribution is -0.159. The monoisotopic (exact) mass is 380 g/mol. The molecule has 0 unspecified atom stereocenters. The minimum Gasteiger partial charge on any atom is -0.468 e. The Kier molecular flexibility index (Phi) is 18.1. The topological polar surface area (TPSA) is 52.6 Å². The molecule has 0 aromatic heterocycles. The van der Waals surface area contributed by atoms with Crippen molar-refractivity contribution in [3.05, 3.63) is 24.3 Å². The molecule has 156 valence electrons. The Bertz CT molecular complexity index is 410. The van der Waals surface area contributed by atoms with E-state index in [0.29, 0.717) is 6.42 Å². The summed E-state index contributed by atoms with van der Waals surface area (Å²) >= 11 is 0. The van der Waals surface area contributed by atoms with Crippen LogP contribution in [0.1, 0.15) is 90.4 Å². The normalized spacial score (nSPS) is 11.6. The number of methoxy groups -OCH3 is 2. The number of carbonyl (C=O) groups excluding carboxylic acids is 2. The van der Waals surface area contributed by atoms with Gasteiger partial charge in [-0.1, -0.05) is 76.2 Å². The van der Waals surface area contributed by atoms with Crippen molar-refractivity contribution in [2.75, 3.05) is 14.2 Å². The predicted octanol–water partition coefficient (Wildman–Crippen LogP) is 6.15. The van der Waals surface area contributed by atoms with Gasteiger partial charge in [-0.3, -0.25) is 9.59 Å². The second-order valence-corrected chi connectivity index (χ2v) is 6.97. The summed E-state index contributed by atoms with van der Waals surface area (Å²) in [6, 6.07) is 0. The predicted molar refractivity (Wildman–Crippen MR) is 111 cm³/mol. The third kappa shape index (κ3) is 15.2. The Balaban J connectivity index is 3.54. The molecule has 4 heteroatoms. The molecule has 0 aromatic carbocycles. The number of esters is 2. The molecule has 0 aliphatic heterocycles. The summed E-state index contributed by atoms with van der Waals surface area (Å²) in [5.41, 5.74) is 0. The van der Waals surface area contributed by atoms with Crippen LogP contribution < -0.4 is 0 Å². The van der Waals surface area contributed by atoms with Gasteiger partial charge in [0, 0.05) is 0 Å². The highest BCUT2D eigenvalue weighted by Crippen LogP contribution is 2.15. The highest BCUT2D eigenvalue weighted by molar-refractivity contribution is 5.94. The molecular formula is C23H40O4. The smallest absolute Gasteiger partial charge is 0.320 e. The maximum absolute atomic E-state index is 11.6. The molecule has 0 aromatic rings. The molecule has 0 amide bonds. The third-order valence-electron chi connectivity index (χ3n) is 4.66. The molecule has 0 spiro atoms. The fourth-order valence-electron chi connectivity index (χ4n) is 2.95. The molecule has 0 fully saturated rings. The summed E-state index contributed by atoms with van der Waals surface area (Å²) in [6.45, 7) is 2.23. The molecule has 0 heterocycles. The summed E-state index contributed by atoms with van der Waals surface area (Å²) in [7, 11) is 2.60. The molecule has 0 aliphatic rings. The maximum Gasteiger partial charge on any atom is 0.320 e. The molecule has 0 radical (unpaired) electrons. The van der Waals surface area contributed by atoms with E-state index in [1.54, 1.807) is 0 Å². The molecule has 0 rings (SSSR count). The molecule has 27 heavy (non-hydrogen) atoms. The number of hydrogen-bond donors (Lipinski definition) is 0. The minimum absolute atomic E-state index is 0.496. The number of carbonyl (C=O) groups is 2. The number of rotatable bonds is 17. The number of unbranched alkanes of at least 4 members (excludes halogenated alkanes) is 9. The van der Waals surface area contributed by atoms with Crippen molar-refractivity contribution in [3.63, 3.8) is 0 Å². The molecule has 0 N–H and O–H groups in total.